The Hall–Kier alpha value is -0.370. The summed E-state index contributed by atoms with van der Waals surface area (Å²) in [6.45, 7) is 1.67. The van der Waals surface area contributed by atoms with Gasteiger partial charge in [0.25, 0.3) is 0 Å². The second kappa shape index (κ2) is 5.81. The maximum atomic E-state index is 5.35. The highest BCUT2D eigenvalue weighted by Gasteiger charge is 2.18. The molecule has 1 saturated heterocycles. The van der Waals surface area contributed by atoms with Crippen LogP contribution in [0.2, 0.25) is 0 Å². The van der Waals surface area contributed by atoms with Crippen molar-refractivity contribution in [2.24, 2.45) is 5.84 Å². The van der Waals surface area contributed by atoms with Crippen LogP contribution in [0.15, 0.2) is 15.8 Å². The maximum absolute atomic E-state index is 5.35. The summed E-state index contributed by atoms with van der Waals surface area (Å²) in [6, 6.07) is 0. The van der Waals surface area contributed by atoms with Crippen LogP contribution in [0.5, 0.6) is 0 Å². The van der Waals surface area contributed by atoms with E-state index in [1.165, 1.54) is 6.33 Å². The van der Waals surface area contributed by atoms with Gasteiger partial charge in [-0.2, -0.15) is 0 Å². The Labute approximate surface area is 107 Å². The van der Waals surface area contributed by atoms with Crippen molar-refractivity contribution in [3.63, 3.8) is 0 Å². The molecule has 0 saturated carbocycles. The number of thioether (sulfide) groups is 1. The number of aromatic nitrogens is 2. The Morgan fingerprint density at radius 1 is 1.44 bits per heavy atom. The molecule has 0 atom stereocenters. The number of hydrogen-bond donors (Lipinski definition) is 2. The minimum absolute atomic E-state index is 0.561. The highest BCUT2D eigenvalue weighted by atomic mass is 79.9. The lowest BCUT2D eigenvalue weighted by Gasteiger charge is -2.21. The zero-order valence-corrected chi connectivity index (χ0v) is 11.1. The van der Waals surface area contributed by atoms with E-state index in [2.05, 4.69) is 31.3 Å². The van der Waals surface area contributed by atoms with Crippen molar-refractivity contribution in [2.45, 2.75) is 23.1 Å². The summed E-state index contributed by atoms with van der Waals surface area (Å²) in [6.07, 6.45) is 3.64. The number of rotatable bonds is 3. The largest absolute Gasteiger partial charge is 0.381 e. The van der Waals surface area contributed by atoms with Crippen LogP contribution in [0.3, 0.4) is 0 Å². The van der Waals surface area contributed by atoms with Crippen LogP contribution in [0.4, 0.5) is 5.82 Å². The lowest BCUT2D eigenvalue weighted by Crippen LogP contribution is -2.18. The molecule has 0 bridgehead atoms. The molecule has 1 fully saturated rings. The van der Waals surface area contributed by atoms with Crippen LogP contribution in [0.25, 0.3) is 0 Å². The van der Waals surface area contributed by atoms with E-state index in [0.29, 0.717) is 11.1 Å². The standard InChI is InChI=1S/C9H13BrN4OS/c10-7-8(14-11)12-5-13-9(7)16-6-1-3-15-4-2-6/h5-6H,1-4,11H2,(H,12,13,14). The number of nitrogens with two attached hydrogens (primary N) is 1. The topological polar surface area (TPSA) is 73.1 Å². The molecule has 1 aromatic heterocycles. The highest BCUT2D eigenvalue weighted by molar-refractivity contribution is 9.10. The quantitative estimate of drug-likeness (QED) is 0.504. The molecular formula is C9H13BrN4OS. The summed E-state index contributed by atoms with van der Waals surface area (Å²) in [5.74, 6) is 5.97. The van der Waals surface area contributed by atoms with E-state index in [-0.39, 0.29) is 0 Å². The van der Waals surface area contributed by atoms with E-state index in [4.69, 9.17) is 10.6 Å². The molecule has 0 spiro atoms. The molecule has 3 N–H and O–H groups in total. The first kappa shape index (κ1) is 12.1. The van der Waals surface area contributed by atoms with Gasteiger partial charge in [-0.25, -0.2) is 15.8 Å². The molecule has 1 aliphatic rings. The summed E-state index contributed by atoms with van der Waals surface area (Å²) in [4.78, 5) is 8.27. The van der Waals surface area contributed by atoms with Gasteiger partial charge in [0.05, 0.1) is 4.47 Å². The predicted octanol–water partition coefficient (Wildman–Crippen LogP) is 1.80. The SMILES string of the molecule is NNc1ncnc(SC2CCOCC2)c1Br. The lowest BCUT2D eigenvalue weighted by atomic mass is 10.2. The van der Waals surface area contributed by atoms with Crippen LogP contribution >= 0.6 is 27.7 Å². The van der Waals surface area contributed by atoms with E-state index in [1.807, 2.05) is 0 Å². The molecular weight excluding hydrogens is 292 g/mol. The third-order valence-electron chi connectivity index (χ3n) is 2.34. The van der Waals surface area contributed by atoms with Crippen molar-refractivity contribution >= 4 is 33.5 Å². The number of nitrogen functional groups attached to an aromatic ring is 1. The number of ether oxygens (including phenoxy) is 1. The molecule has 0 aliphatic carbocycles. The van der Waals surface area contributed by atoms with Gasteiger partial charge in [0.15, 0.2) is 5.82 Å². The summed E-state index contributed by atoms with van der Waals surface area (Å²) >= 11 is 5.20. The average Bonchev–Trinajstić information content (AvgIpc) is 2.33. The van der Waals surface area contributed by atoms with Crippen molar-refractivity contribution in [3.05, 3.63) is 10.8 Å². The number of nitrogens with zero attached hydrogens (tertiary/aromatic N) is 2. The number of hydrazine groups is 1. The van der Waals surface area contributed by atoms with Crippen molar-refractivity contribution in [1.82, 2.24) is 9.97 Å². The minimum Gasteiger partial charge on any atom is -0.381 e. The highest BCUT2D eigenvalue weighted by Crippen LogP contribution is 2.35. The predicted molar refractivity (Wildman–Crippen MR) is 67.2 cm³/mol. The van der Waals surface area contributed by atoms with Crippen molar-refractivity contribution in [2.75, 3.05) is 18.6 Å². The van der Waals surface area contributed by atoms with Gasteiger partial charge in [-0.15, -0.1) is 11.8 Å². The van der Waals surface area contributed by atoms with E-state index in [9.17, 15) is 0 Å². The maximum Gasteiger partial charge on any atom is 0.158 e. The van der Waals surface area contributed by atoms with Crippen molar-refractivity contribution in [1.29, 1.82) is 0 Å². The first-order valence-electron chi connectivity index (χ1n) is 5.02. The smallest absolute Gasteiger partial charge is 0.158 e. The fraction of sp³-hybridized carbons (Fsp3) is 0.556. The molecule has 0 aromatic carbocycles. The Morgan fingerprint density at radius 3 is 2.88 bits per heavy atom. The Balaban J connectivity index is 2.08. The number of nitrogens with one attached hydrogen (secondary N) is 1. The molecule has 0 amide bonds. The van der Waals surface area contributed by atoms with Gasteiger partial charge in [-0.1, -0.05) is 0 Å². The van der Waals surface area contributed by atoms with Gasteiger partial charge < -0.3 is 10.2 Å². The summed E-state index contributed by atoms with van der Waals surface area (Å²) in [7, 11) is 0. The van der Waals surface area contributed by atoms with E-state index >= 15 is 0 Å². The normalized spacial score (nSPS) is 17.4. The molecule has 88 valence electrons. The number of anilines is 1. The summed E-state index contributed by atoms with van der Waals surface area (Å²) in [5, 5.41) is 1.49. The van der Waals surface area contributed by atoms with Crippen LogP contribution < -0.4 is 11.3 Å². The van der Waals surface area contributed by atoms with Gasteiger partial charge in [0.1, 0.15) is 11.4 Å². The number of halogens is 1. The Bertz CT molecular complexity index is 359. The van der Waals surface area contributed by atoms with Crippen LogP contribution in [-0.2, 0) is 4.74 Å². The molecule has 5 nitrogen and oxygen atoms in total. The van der Waals surface area contributed by atoms with Gasteiger partial charge in [0, 0.05) is 18.5 Å². The van der Waals surface area contributed by atoms with E-state index < -0.39 is 0 Å². The summed E-state index contributed by atoms with van der Waals surface area (Å²) in [5.41, 5.74) is 2.54. The third-order valence-corrected chi connectivity index (χ3v) is 4.69. The Kier molecular flexibility index (Phi) is 4.39. The zero-order valence-electron chi connectivity index (χ0n) is 8.65. The van der Waals surface area contributed by atoms with Crippen LogP contribution in [0, 0.1) is 0 Å². The second-order valence-corrected chi connectivity index (χ2v) is 5.50. The van der Waals surface area contributed by atoms with Crippen molar-refractivity contribution in [3.8, 4) is 0 Å². The Morgan fingerprint density at radius 2 is 2.19 bits per heavy atom. The van der Waals surface area contributed by atoms with Gasteiger partial charge in [-0.05, 0) is 28.8 Å². The molecule has 0 radical (unpaired) electrons. The molecule has 1 aromatic rings. The van der Waals surface area contributed by atoms with Gasteiger partial charge in [0.2, 0.25) is 0 Å². The molecule has 0 unspecified atom stereocenters. The van der Waals surface area contributed by atoms with E-state index in [0.717, 1.165) is 35.6 Å². The lowest BCUT2D eigenvalue weighted by molar-refractivity contribution is 0.1000. The second-order valence-electron chi connectivity index (χ2n) is 3.42. The average molecular weight is 305 g/mol. The molecule has 2 heterocycles. The molecule has 16 heavy (non-hydrogen) atoms. The van der Waals surface area contributed by atoms with Crippen molar-refractivity contribution < 1.29 is 4.74 Å². The molecule has 7 heteroatoms. The van der Waals surface area contributed by atoms with Gasteiger partial charge in [-0.3, -0.25) is 0 Å². The fourth-order valence-electron chi connectivity index (χ4n) is 1.49. The fourth-order valence-corrected chi connectivity index (χ4v) is 3.14. The first-order chi connectivity index (χ1) is 7.81. The minimum atomic E-state index is 0.561. The third kappa shape index (κ3) is 2.85. The van der Waals surface area contributed by atoms with Crippen LogP contribution in [0.1, 0.15) is 12.8 Å². The summed E-state index contributed by atoms with van der Waals surface area (Å²) < 4.78 is 6.15. The van der Waals surface area contributed by atoms with E-state index in [1.54, 1.807) is 11.8 Å². The molecule has 1 aliphatic heterocycles. The first-order valence-corrected chi connectivity index (χ1v) is 6.70. The van der Waals surface area contributed by atoms with Gasteiger partial charge >= 0.3 is 0 Å². The van der Waals surface area contributed by atoms with Crippen LogP contribution in [-0.4, -0.2) is 28.4 Å². The molecule has 2 rings (SSSR count). The zero-order chi connectivity index (χ0) is 11.4. The number of hydrogen-bond acceptors (Lipinski definition) is 6. The monoisotopic (exact) mass is 304 g/mol.